The summed E-state index contributed by atoms with van der Waals surface area (Å²) < 4.78 is 0.847. The van der Waals surface area contributed by atoms with Crippen molar-refractivity contribution >= 4 is 33.1 Å². The van der Waals surface area contributed by atoms with E-state index in [-0.39, 0.29) is 0 Å². The SMILES string of the molecule is CCCc1nc(Br)cc(NC(CCC)c2cccs2)n1. The molecule has 0 amide bonds. The minimum atomic E-state index is 0.330. The first-order chi connectivity index (χ1) is 9.72. The van der Waals surface area contributed by atoms with E-state index in [1.54, 1.807) is 11.3 Å². The first-order valence-electron chi connectivity index (χ1n) is 7.06. The molecule has 20 heavy (non-hydrogen) atoms. The van der Waals surface area contributed by atoms with Crippen LogP contribution in [0.15, 0.2) is 28.2 Å². The molecule has 0 aromatic carbocycles. The Morgan fingerprint density at radius 3 is 2.80 bits per heavy atom. The Labute approximate surface area is 133 Å². The number of thiophene rings is 1. The number of nitrogens with zero attached hydrogens (tertiary/aromatic N) is 2. The van der Waals surface area contributed by atoms with Gasteiger partial charge >= 0.3 is 0 Å². The van der Waals surface area contributed by atoms with Gasteiger partial charge in [-0.3, -0.25) is 0 Å². The summed E-state index contributed by atoms with van der Waals surface area (Å²) in [6, 6.07) is 6.57. The van der Waals surface area contributed by atoms with E-state index in [0.717, 1.165) is 41.9 Å². The lowest BCUT2D eigenvalue weighted by Gasteiger charge is -2.18. The second-order valence-corrected chi connectivity index (χ2v) is 6.53. The number of aromatic nitrogens is 2. The van der Waals surface area contributed by atoms with Crippen molar-refractivity contribution in [1.82, 2.24) is 9.97 Å². The van der Waals surface area contributed by atoms with Crippen molar-refractivity contribution in [2.45, 2.75) is 45.6 Å². The van der Waals surface area contributed by atoms with Crippen molar-refractivity contribution in [1.29, 1.82) is 0 Å². The van der Waals surface area contributed by atoms with E-state index >= 15 is 0 Å². The highest BCUT2D eigenvalue weighted by Gasteiger charge is 2.13. The second-order valence-electron chi connectivity index (χ2n) is 4.74. The number of rotatable bonds is 7. The Hall–Kier alpha value is -0.940. The van der Waals surface area contributed by atoms with Crippen LogP contribution >= 0.6 is 27.3 Å². The van der Waals surface area contributed by atoms with Gasteiger partial charge in [0.1, 0.15) is 16.2 Å². The minimum Gasteiger partial charge on any atom is -0.362 e. The summed E-state index contributed by atoms with van der Waals surface area (Å²) in [7, 11) is 0. The molecule has 2 heterocycles. The van der Waals surface area contributed by atoms with Gasteiger partial charge in [0.2, 0.25) is 0 Å². The zero-order chi connectivity index (χ0) is 14.4. The third kappa shape index (κ3) is 4.28. The normalized spacial score (nSPS) is 12.3. The van der Waals surface area contributed by atoms with E-state index in [9.17, 15) is 0 Å². The van der Waals surface area contributed by atoms with E-state index in [1.165, 1.54) is 4.88 Å². The van der Waals surface area contributed by atoms with Crippen molar-refractivity contribution in [3.05, 3.63) is 38.9 Å². The molecular formula is C15H20BrN3S. The van der Waals surface area contributed by atoms with Gasteiger partial charge in [0.05, 0.1) is 6.04 Å². The Morgan fingerprint density at radius 2 is 2.15 bits per heavy atom. The molecule has 1 atom stereocenters. The average molecular weight is 354 g/mol. The highest BCUT2D eigenvalue weighted by molar-refractivity contribution is 9.10. The Balaban J connectivity index is 2.17. The summed E-state index contributed by atoms with van der Waals surface area (Å²) >= 11 is 5.26. The lowest BCUT2D eigenvalue weighted by molar-refractivity contribution is 0.682. The zero-order valence-corrected chi connectivity index (χ0v) is 14.3. The number of hydrogen-bond donors (Lipinski definition) is 1. The van der Waals surface area contributed by atoms with Crippen molar-refractivity contribution in [3.63, 3.8) is 0 Å². The zero-order valence-electron chi connectivity index (χ0n) is 11.9. The fourth-order valence-electron chi connectivity index (χ4n) is 2.12. The molecule has 0 aliphatic carbocycles. The molecule has 0 spiro atoms. The summed E-state index contributed by atoms with van der Waals surface area (Å²) in [4.78, 5) is 10.4. The molecule has 0 aliphatic heterocycles. The molecule has 0 fully saturated rings. The van der Waals surface area contributed by atoms with Gasteiger partial charge in [-0.2, -0.15) is 0 Å². The molecule has 1 unspecified atom stereocenters. The molecule has 108 valence electrons. The van der Waals surface area contributed by atoms with Crippen LogP contribution < -0.4 is 5.32 Å². The van der Waals surface area contributed by atoms with E-state index in [2.05, 4.69) is 62.6 Å². The molecular weight excluding hydrogens is 334 g/mol. The fourth-order valence-corrected chi connectivity index (χ4v) is 3.35. The van der Waals surface area contributed by atoms with Crippen LogP contribution in [0.4, 0.5) is 5.82 Å². The van der Waals surface area contributed by atoms with Crippen molar-refractivity contribution in [3.8, 4) is 0 Å². The van der Waals surface area contributed by atoms with Gasteiger partial charge in [0, 0.05) is 17.4 Å². The Kier molecular flexibility index (Phi) is 5.98. The van der Waals surface area contributed by atoms with Crippen LogP contribution in [0, 0.1) is 0 Å². The van der Waals surface area contributed by atoms with Crippen molar-refractivity contribution < 1.29 is 0 Å². The molecule has 1 N–H and O–H groups in total. The standard InChI is InChI=1S/C15H20BrN3S/c1-3-6-11(12-8-5-9-20-12)17-15-10-13(16)18-14(19-15)7-4-2/h5,8-11H,3-4,6-7H2,1-2H3,(H,17,18,19). The van der Waals surface area contributed by atoms with Crippen LogP contribution in [0.3, 0.4) is 0 Å². The van der Waals surface area contributed by atoms with Crippen LogP contribution in [0.25, 0.3) is 0 Å². The van der Waals surface area contributed by atoms with Crippen molar-refractivity contribution in [2.24, 2.45) is 0 Å². The van der Waals surface area contributed by atoms with Crippen LogP contribution in [0.5, 0.6) is 0 Å². The maximum atomic E-state index is 4.61. The second kappa shape index (κ2) is 7.74. The van der Waals surface area contributed by atoms with Gasteiger partial charge in [-0.1, -0.05) is 26.3 Å². The molecule has 2 rings (SSSR count). The predicted octanol–water partition coefficient (Wildman–Crippen LogP) is 5.21. The molecule has 2 aromatic heterocycles. The molecule has 0 saturated heterocycles. The van der Waals surface area contributed by atoms with Gasteiger partial charge < -0.3 is 5.32 Å². The molecule has 5 heteroatoms. The number of aryl methyl sites for hydroxylation is 1. The average Bonchev–Trinajstić information content (AvgIpc) is 2.91. The lowest BCUT2D eigenvalue weighted by Crippen LogP contribution is -2.11. The van der Waals surface area contributed by atoms with E-state index in [1.807, 2.05) is 6.07 Å². The highest BCUT2D eigenvalue weighted by atomic mass is 79.9. The quantitative estimate of drug-likeness (QED) is 0.694. The molecule has 0 bridgehead atoms. The first-order valence-corrected chi connectivity index (χ1v) is 8.73. The molecule has 3 nitrogen and oxygen atoms in total. The monoisotopic (exact) mass is 353 g/mol. The van der Waals surface area contributed by atoms with Crippen LogP contribution in [0.1, 0.15) is 49.9 Å². The molecule has 0 saturated carbocycles. The predicted molar refractivity (Wildman–Crippen MR) is 89.3 cm³/mol. The van der Waals surface area contributed by atoms with Gasteiger partial charge in [-0.25, -0.2) is 9.97 Å². The van der Waals surface area contributed by atoms with Gasteiger partial charge in [-0.15, -0.1) is 11.3 Å². The third-order valence-corrected chi connectivity index (χ3v) is 4.39. The maximum Gasteiger partial charge on any atom is 0.132 e. The Bertz CT molecular complexity index is 528. The molecule has 0 radical (unpaired) electrons. The maximum absolute atomic E-state index is 4.61. The van der Waals surface area contributed by atoms with Crippen LogP contribution in [-0.2, 0) is 6.42 Å². The first kappa shape index (κ1) is 15.4. The molecule has 2 aromatic rings. The van der Waals surface area contributed by atoms with Crippen molar-refractivity contribution in [2.75, 3.05) is 5.32 Å². The summed E-state index contributed by atoms with van der Waals surface area (Å²) in [6.07, 6.45) is 4.21. The van der Waals surface area contributed by atoms with Gasteiger partial charge in [0.15, 0.2) is 0 Å². The van der Waals surface area contributed by atoms with Gasteiger partial charge in [-0.05, 0) is 40.2 Å². The van der Waals surface area contributed by atoms with E-state index in [0.29, 0.717) is 6.04 Å². The number of nitrogens with one attached hydrogen (secondary N) is 1. The van der Waals surface area contributed by atoms with Gasteiger partial charge in [0.25, 0.3) is 0 Å². The van der Waals surface area contributed by atoms with Crippen LogP contribution in [-0.4, -0.2) is 9.97 Å². The Morgan fingerprint density at radius 1 is 1.30 bits per heavy atom. The summed E-state index contributed by atoms with van der Waals surface area (Å²) in [5.74, 6) is 1.80. The summed E-state index contributed by atoms with van der Waals surface area (Å²) in [5.41, 5.74) is 0. The third-order valence-electron chi connectivity index (χ3n) is 3.00. The fraction of sp³-hybridized carbons (Fsp3) is 0.467. The number of hydrogen-bond acceptors (Lipinski definition) is 4. The smallest absolute Gasteiger partial charge is 0.132 e. The van der Waals surface area contributed by atoms with E-state index < -0.39 is 0 Å². The minimum absolute atomic E-state index is 0.330. The summed E-state index contributed by atoms with van der Waals surface area (Å²) in [5, 5.41) is 5.67. The topological polar surface area (TPSA) is 37.8 Å². The summed E-state index contributed by atoms with van der Waals surface area (Å²) in [6.45, 7) is 4.35. The van der Waals surface area contributed by atoms with Crippen LogP contribution in [0.2, 0.25) is 0 Å². The highest BCUT2D eigenvalue weighted by Crippen LogP contribution is 2.27. The largest absolute Gasteiger partial charge is 0.362 e. The number of anilines is 1. The molecule has 0 aliphatic rings. The lowest BCUT2D eigenvalue weighted by atomic mass is 10.1. The number of halogens is 1. The van der Waals surface area contributed by atoms with E-state index in [4.69, 9.17) is 0 Å².